The molecule has 0 saturated carbocycles. The van der Waals surface area contributed by atoms with Crippen LogP contribution in [0.1, 0.15) is 16.7 Å². The Hall–Kier alpha value is -2.25. The third-order valence-corrected chi connectivity index (χ3v) is 4.06. The molecule has 110 valence electrons. The summed E-state index contributed by atoms with van der Waals surface area (Å²) >= 11 is 0. The minimum absolute atomic E-state index is 0.00583. The highest BCUT2D eigenvalue weighted by molar-refractivity contribution is 7.85. The second-order valence-electron chi connectivity index (χ2n) is 4.60. The van der Waals surface area contributed by atoms with Gasteiger partial charge in [0.2, 0.25) is 0 Å². The van der Waals surface area contributed by atoms with Crippen LogP contribution in [0, 0.1) is 17.0 Å². The van der Waals surface area contributed by atoms with Crippen molar-refractivity contribution in [1.82, 2.24) is 0 Å². The van der Waals surface area contributed by atoms with E-state index in [0.717, 1.165) is 5.56 Å². The van der Waals surface area contributed by atoms with E-state index in [1.165, 1.54) is 19.1 Å². The maximum atomic E-state index is 11.5. The lowest BCUT2D eigenvalue weighted by Gasteiger charge is -2.10. The first kappa shape index (κ1) is 15.1. The summed E-state index contributed by atoms with van der Waals surface area (Å²) in [5, 5.41) is 11.2. The van der Waals surface area contributed by atoms with Gasteiger partial charge in [-0.2, -0.15) is 8.42 Å². The molecule has 0 spiro atoms. The summed E-state index contributed by atoms with van der Waals surface area (Å²) in [5.41, 5.74) is 0.775. The van der Waals surface area contributed by atoms with Crippen LogP contribution in [0.3, 0.4) is 0 Å². The Kier molecular flexibility index (Phi) is 4.06. The van der Waals surface area contributed by atoms with Gasteiger partial charge in [-0.1, -0.05) is 36.4 Å². The Morgan fingerprint density at radius 3 is 2.29 bits per heavy atom. The van der Waals surface area contributed by atoms with Gasteiger partial charge in [-0.25, -0.2) is 0 Å². The van der Waals surface area contributed by atoms with Gasteiger partial charge in [0, 0.05) is 12.0 Å². The number of hydrogen-bond acceptors (Lipinski definition) is 4. The van der Waals surface area contributed by atoms with Crippen LogP contribution in [-0.4, -0.2) is 17.9 Å². The summed E-state index contributed by atoms with van der Waals surface area (Å²) in [6.45, 7) is 1.53. The van der Waals surface area contributed by atoms with Crippen LogP contribution in [0.5, 0.6) is 0 Å². The van der Waals surface area contributed by atoms with Gasteiger partial charge in [0.05, 0.1) is 10.5 Å². The zero-order chi connectivity index (χ0) is 15.6. The Morgan fingerprint density at radius 1 is 1.14 bits per heavy atom. The molecule has 0 fully saturated rings. The quantitative estimate of drug-likeness (QED) is 0.532. The molecule has 21 heavy (non-hydrogen) atoms. The van der Waals surface area contributed by atoms with E-state index in [-0.39, 0.29) is 17.7 Å². The molecule has 2 aromatic rings. The van der Waals surface area contributed by atoms with Crippen LogP contribution < -0.4 is 0 Å². The van der Waals surface area contributed by atoms with E-state index in [0.29, 0.717) is 5.56 Å². The van der Waals surface area contributed by atoms with Crippen molar-refractivity contribution in [2.24, 2.45) is 0 Å². The number of nitro groups is 1. The van der Waals surface area contributed by atoms with Gasteiger partial charge >= 0.3 is 0 Å². The van der Waals surface area contributed by atoms with E-state index in [1.807, 2.05) is 0 Å². The minimum Gasteiger partial charge on any atom is -0.282 e. The summed E-state index contributed by atoms with van der Waals surface area (Å²) in [5.74, 6) is 0. The van der Waals surface area contributed by atoms with E-state index >= 15 is 0 Å². The fourth-order valence-electron chi connectivity index (χ4n) is 2.20. The fraction of sp³-hybridized carbons (Fsp3) is 0.143. The number of aryl methyl sites for hydroxylation is 1. The molecule has 0 atom stereocenters. The summed E-state index contributed by atoms with van der Waals surface area (Å²) < 4.78 is 32.2. The molecule has 2 rings (SSSR count). The van der Waals surface area contributed by atoms with Crippen molar-refractivity contribution in [2.75, 3.05) is 0 Å². The largest absolute Gasteiger partial charge is 0.295 e. The van der Waals surface area contributed by atoms with Crippen molar-refractivity contribution in [1.29, 1.82) is 0 Å². The topological polar surface area (TPSA) is 97.5 Å². The molecule has 0 aliphatic rings. The predicted octanol–water partition coefficient (Wildman–Crippen LogP) is 2.74. The van der Waals surface area contributed by atoms with Gasteiger partial charge in [0.25, 0.3) is 15.8 Å². The third kappa shape index (κ3) is 3.26. The van der Waals surface area contributed by atoms with Gasteiger partial charge in [-0.3, -0.25) is 14.7 Å². The molecule has 0 unspecified atom stereocenters. The molecule has 6 nitrogen and oxygen atoms in total. The number of hydrogen-bond donors (Lipinski definition) is 1. The SMILES string of the molecule is Cc1ccc(S(=O)(=O)O)c(Cc2ccccc2)c1[N+](=O)[O-]. The molecule has 0 aromatic heterocycles. The van der Waals surface area contributed by atoms with Crippen molar-refractivity contribution < 1.29 is 17.9 Å². The van der Waals surface area contributed by atoms with Crippen molar-refractivity contribution >= 4 is 15.8 Å². The zero-order valence-electron chi connectivity index (χ0n) is 11.2. The molecule has 0 aliphatic heterocycles. The summed E-state index contributed by atoms with van der Waals surface area (Å²) in [6, 6.07) is 11.3. The zero-order valence-corrected chi connectivity index (χ0v) is 12.0. The standard InChI is InChI=1S/C14H13NO5S/c1-10-7-8-13(21(18,19)20)12(14(10)15(16)17)9-11-5-3-2-4-6-11/h2-8H,9H2,1H3,(H,18,19,20). The third-order valence-electron chi connectivity index (χ3n) is 3.13. The summed E-state index contributed by atoms with van der Waals surface area (Å²) in [7, 11) is -4.53. The number of nitrogens with zero attached hydrogens (tertiary/aromatic N) is 1. The number of nitro benzene ring substituents is 1. The average Bonchev–Trinajstić information content (AvgIpc) is 2.38. The van der Waals surface area contributed by atoms with Crippen LogP contribution in [0.2, 0.25) is 0 Å². The van der Waals surface area contributed by atoms with Crippen molar-refractivity contribution in [3.05, 3.63) is 69.3 Å². The molecule has 0 bridgehead atoms. The Morgan fingerprint density at radius 2 is 1.76 bits per heavy atom. The van der Waals surface area contributed by atoms with Crippen LogP contribution >= 0.6 is 0 Å². The first-order valence-corrected chi connectivity index (χ1v) is 7.53. The highest BCUT2D eigenvalue weighted by atomic mass is 32.2. The Labute approximate surface area is 121 Å². The molecule has 1 N–H and O–H groups in total. The highest BCUT2D eigenvalue weighted by Gasteiger charge is 2.26. The lowest BCUT2D eigenvalue weighted by molar-refractivity contribution is -0.386. The number of benzene rings is 2. The van der Waals surface area contributed by atoms with Crippen molar-refractivity contribution in [3.63, 3.8) is 0 Å². The molecule has 0 amide bonds. The van der Waals surface area contributed by atoms with Gasteiger partial charge in [-0.15, -0.1) is 0 Å². The van der Waals surface area contributed by atoms with Crippen molar-refractivity contribution in [2.45, 2.75) is 18.2 Å². The van der Waals surface area contributed by atoms with Gasteiger partial charge in [0.1, 0.15) is 4.90 Å². The van der Waals surface area contributed by atoms with Crippen LogP contribution in [0.15, 0.2) is 47.4 Å². The lowest BCUT2D eigenvalue weighted by atomic mass is 10.0. The van der Waals surface area contributed by atoms with Gasteiger partial charge in [0.15, 0.2) is 0 Å². The summed E-state index contributed by atoms with van der Waals surface area (Å²) in [4.78, 5) is 10.2. The van der Waals surface area contributed by atoms with Gasteiger partial charge < -0.3 is 0 Å². The van der Waals surface area contributed by atoms with Crippen LogP contribution in [0.25, 0.3) is 0 Å². The predicted molar refractivity (Wildman–Crippen MR) is 76.9 cm³/mol. The monoisotopic (exact) mass is 307 g/mol. The summed E-state index contributed by atoms with van der Waals surface area (Å²) in [6.07, 6.45) is 0.0496. The van der Waals surface area contributed by atoms with E-state index in [4.69, 9.17) is 0 Å². The molecular weight excluding hydrogens is 294 g/mol. The first-order valence-electron chi connectivity index (χ1n) is 6.09. The highest BCUT2D eigenvalue weighted by Crippen LogP contribution is 2.31. The molecule has 0 heterocycles. The lowest BCUT2D eigenvalue weighted by Crippen LogP contribution is -2.08. The molecule has 0 radical (unpaired) electrons. The molecule has 7 heteroatoms. The van der Waals surface area contributed by atoms with E-state index in [1.54, 1.807) is 30.3 Å². The van der Waals surface area contributed by atoms with Gasteiger partial charge in [-0.05, 0) is 18.6 Å². The van der Waals surface area contributed by atoms with Crippen molar-refractivity contribution in [3.8, 4) is 0 Å². The Balaban J connectivity index is 2.70. The van der Waals surface area contributed by atoms with Crippen LogP contribution in [0.4, 0.5) is 5.69 Å². The maximum absolute atomic E-state index is 11.5. The molecule has 0 aliphatic carbocycles. The number of rotatable bonds is 4. The smallest absolute Gasteiger partial charge is 0.282 e. The molecular formula is C14H13NO5S. The van der Waals surface area contributed by atoms with Crippen LogP contribution in [-0.2, 0) is 16.5 Å². The normalized spacial score (nSPS) is 11.3. The maximum Gasteiger partial charge on any atom is 0.295 e. The molecule has 0 saturated heterocycles. The first-order chi connectivity index (χ1) is 9.80. The van der Waals surface area contributed by atoms with E-state index in [9.17, 15) is 23.1 Å². The second kappa shape index (κ2) is 5.63. The average molecular weight is 307 g/mol. The van der Waals surface area contributed by atoms with E-state index < -0.39 is 19.9 Å². The van der Waals surface area contributed by atoms with E-state index in [2.05, 4.69) is 0 Å². The Bertz CT molecular complexity index is 785. The minimum atomic E-state index is -4.53. The fourth-order valence-corrected chi connectivity index (χ4v) is 2.92. The molecule has 2 aromatic carbocycles. The second-order valence-corrected chi connectivity index (χ2v) is 5.99.